The van der Waals surface area contributed by atoms with Gasteiger partial charge in [0.1, 0.15) is 23.0 Å². The van der Waals surface area contributed by atoms with E-state index in [0.29, 0.717) is 17.9 Å². The minimum absolute atomic E-state index is 0.130. The Morgan fingerprint density at radius 3 is 2.80 bits per heavy atom. The van der Waals surface area contributed by atoms with Crippen molar-refractivity contribution >= 4 is 27.7 Å². The van der Waals surface area contributed by atoms with Gasteiger partial charge in [-0.15, -0.1) is 0 Å². The molecule has 0 saturated carbocycles. The topological polar surface area (TPSA) is 64.6 Å². The lowest BCUT2D eigenvalue weighted by Gasteiger charge is -2.43. The molecule has 5 nitrogen and oxygen atoms in total. The molecule has 6 heteroatoms. The van der Waals surface area contributed by atoms with E-state index < -0.39 is 16.8 Å². The third kappa shape index (κ3) is 3.22. The lowest BCUT2D eigenvalue weighted by Crippen LogP contribution is -2.55. The molecule has 0 bridgehead atoms. The summed E-state index contributed by atoms with van der Waals surface area (Å²) in [6, 6.07) is 5.56. The molecule has 1 aromatic carbocycles. The maximum atomic E-state index is 12.9. The van der Waals surface area contributed by atoms with E-state index in [2.05, 4.69) is 21.2 Å². The van der Waals surface area contributed by atoms with Crippen LogP contribution in [0.25, 0.3) is 0 Å². The molecule has 0 aliphatic carbocycles. The van der Waals surface area contributed by atoms with Crippen LogP contribution in [0.1, 0.15) is 32.8 Å². The normalized spacial score (nSPS) is 26.1. The summed E-state index contributed by atoms with van der Waals surface area (Å²) in [6.45, 7) is 7.50. The van der Waals surface area contributed by atoms with Gasteiger partial charge in [0.15, 0.2) is 5.78 Å². The molecule has 1 N–H and O–H groups in total. The molecule has 2 heterocycles. The van der Waals surface area contributed by atoms with Crippen LogP contribution in [0.15, 0.2) is 18.2 Å². The first-order valence-corrected chi connectivity index (χ1v) is 9.72. The van der Waals surface area contributed by atoms with Gasteiger partial charge in [0.05, 0.1) is 5.33 Å². The summed E-state index contributed by atoms with van der Waals surface area (Å²) in [4.78, 5) is 25.5. The summed E-state index contributed by atoms with van der Waals surface area (Å²) >= 11 is 3.22. The Hall–Kier alpha value is -1.40. The Morgan fingerprint density at radius 2 is 2.20 bits per heavy atom. The maximum absolute atomic E-state index is 12.9. The molecule has 1 saturated heterocycles. The first-order valence-electron chi connectivity index (χ1n) is 8.60. The molecule has 0 radical (unpaired) electrons. The highest BCUT2D eigenvalue weighted by Crippen LogP contribution is 2.48. The van der Waals surface area contributed by atoms with Crippen molar-refractivity contribution in [2.75, 3.05) is 18.4 Å². The van der Waals surface area contributed by atoms with Crippen molar-refractivity contribution in [1.82, 2.24) is 5.32 Å². The van der Waals surface area contributed by atoms with Crippen LogP contribution in [-0.2, 0) is 16.0 Å². The van der Waals surface area contributed by atoms with Crippen LogP contribution in [0.4, 0.5) is 0 Å². The quantitative estimate of drug-likeness (QED) is 0.358. The number of esters is 1. The number of benzene rings is 1. The fourth-order valence-corrected chi connectivity index (χ4v) is 4.11. The van der Waals surface area contributed by atoms with Crippen molar-refractivity contribution in [2.24, 2.45) is 10.8 Å². The number of hydrogen-bond acceptors (Lipinski definition) is 5. The fourth-order valence-electron chi connectivity index (χ4n) is 3.63. The average molecular weight is 410 g/mol. The van der Waals surface area contributed by atoms with E-state index in [4.69, 9.17) is 9.47 Å². The molecule has 1 aromatic rings. The van der Waals surface area contributed by atoms with Gasteiger partial charge in [-0.2, -0.15) is 0 Å². The second-order valence-electron chi connectivity index (χ2n) is 7.78. The van der Waals surface area contributed by atoms with Crippen molar-refractivity contribution in [2.45, 2.75) is 39.7 Å². The molecule has 1 fully saturated rings. The number of ketones is 1. The predicted molar refractivity (Wildman–Crippen MR) is 98.4 cm³/mol. The number of rotatable bonds is 4. The molecule has 2 aliphatic heterocycles. The first kappa shape index (κ1) is 18.4. The standard InChI is InChI=1S/C19H24BrNO4/c1-18(2,3)19(16(22)10-20)9-12-4-5-13(8-15(12)25-17(19)23)24-14-6-7-21-11-14/h4-5,8,14,21H,6-7,9-11H2,1-3H3/t14-,19-/m0/s1. The molecule has 2 aliphatic rings. The summed E-state index contributed by atoms with van der Waals surface area (Å²) in [5, 5.41) is 3.39. The zero-order valence-electron chi connectivity index (χ0n) is 14.9. The van der Waals surface area contributed by atoms with Crippen molar-refractivity contribution in [1.29, 1.82) is 0 Å². The Kier molecular flexibility index (Phi) is 4.95. The number of fused-ring (bicyclic) bond motifs is 1. The lowest BCUT2D eigenvalue weighted by atomic mass is 9.60. The van der Waals surface area contributed by atoms with Crippen molar-refractivity contribution in [3.05, 3.63) is 23.8 Å². The van der Waals surface area contributed by atoms with Crippen LogP contribution >= 0.6 is 15.9 Å². The molecule has 3 rings (SSSR count). The van der Waals surface area contributed by atoms with E-state index in [1.807, 2.05) is 32.9 Å². The maximum Gasteiger partial charge on any atom is 0.325 e. The fraction of sp³-hybridized carbons (Fsp3) is 0.579. The van der Waals surface area contributed by atoms with E-state index in [1.54, 1.807) is 6.07 Å². The number of carbonyl (C=O) groups excluding carboxylic acids is 2. The van der Waals surface area contributed by atoms with E-state index in [0.717, 1.165) is 25.1 Å². The van der Waals surface area contributed by atoms with Crippen LogP contribution in [0.2, 0.25) is 0 Å². The minimum atomic E-state index is -1.18. The molecule has 0 spiro atoms. The largest absolute Gasteiger partial charge is 0.489 e. The van der Waals surface area contributed by atoms with Crippen LogP contribution in [0, 0.1) is 10.8 Å². The summed E-state index contributed by atoms with van der Waals surface area (Å²) < 4.78 is 11.6. The monoisotopic (exact) mass is 409 g/mol. The Morgan fingerprint density at radius 1 is 1.44 bits per heavy atom. The highest BCUT2D eigenvalue weighted by molar-refractivity contribution is 9.09. The van der Waals surface area contributed by atoms with Gasteiger partial charge in [-0.25, -0.2) is 0 Å². The number of Topliss-reactive ketones (excluding diaryl/α,β-unsaturated/α-hetero) is 1. The van der Waals surface area contributed by atoms with Crippen LogP contribution in [0.5, 0.6) is 11.5 Å². The molecule has 2 atom stereocenters. The Labute approximate surface area is 156 Å². The number of alkyl halides is 1. The summed E-state index contributed by atoms with van der Waals surface area (Å²) in [5.41, 5.74) is -0.862. The van der Waals surface area contributed by atoms with Crippen molar-refractivity contribution < 1.29 is 19.1 Å². The zero-order chi connectivity index (χ0) is 18.2. The highest BCUT2D eigenvalue weighted by Gasteiger charge is 2.57. The van der Waals surface area contributed by atoms with Crippen LogP contribution in [-0.4, -0.2) is 36.3 Å². The molecule has 0 aromatic heterocycles. The highest BCUT2D eigenvalue weighted by atomic mass is 79.9. The van der Waals surface area contributed by atoms with Gasteiger partial charge in [-0.3, -0.25) is 9.59 Å². The van der Waals surface area contributed by atoms with Gasteiger partial charge in [0, 0.05) is 12.6 Å². The van der Waals surface area contributed by atoms with Gasteiger partial charge in [-0.1, -0.05) is 42.8 Å². The second kappa shape index (κ2) is 6.72. The summed E-state index contributed by atoms with van der Waals surface area (Å²) in [5.74, 6) is 0.565. The van der Waals surface area contributed by atoms with Gasteiger partial charge < -0.3 is 14.8 Å². The SMILES string of the molecule is CC(C)(C)[C@]1(C(=O)CBr)Cc2ccc(O[C@H]3CCNC3)cc2OC1=O. The number of carbonyl (C=O) groups is 2. The first-order chi connectivity index (χ1) is 11.8. The molecular formula is C19H24BrNO4. The zero-order valence-corrected chi connectivity index (χ0v) is 16.4. The minimum Gasteiger partial charge on any atom is -0.489 e. The number of hydrogen-bond donors (Lipinski definition) is 1. The van der Waals surface area contributed by atoms with Gasteiger partial charge in [-0.05, 0) is 36.4 Å². The van der Waals surface area contributed by atoms with E-state index in [-0.39, 0.29) is 17.2 Å². The summed E-state index contributed by atoms with van der Waals surface area (Å²) in [6.07, 6.45) is 1.45. The van der Waals surface area contributed by atoms with Gasteiger partial charge >= 0.3 is 5.97 Å². The molecule has 25 heavy (non-hydrogen) atoms. The van der Waals surface area contributed by atoms with Gasteiger partial charge in [0.2, 0.25) is 0 Å². The molecule has 0 amide bonds. The Balaban J connectivity index is 1.92. The molecule has 0 unspecified atom stereocenters. The third-order valence-electron chi connectivity index (χ3n) is 5.24. The van der Waals surface area contributed by atoms with Crippen LogP contribution < -0.4 is 14.8 Å². The number of nitrogens with one attached hydrogen (secondary N) is 1. The van der Waals surface area contributed by atoms with E-state index >= 15 is 0 Å². The average Bonchev–Trinajstić information content (AvgIpc) is 3.05. The van der Waals surface area contributed by atoms with E-state index in [9.17, 15) is 9.59 Å². The predicted octanol–water partition coefficient (Wildman–Crippen LogP) is 2.89. The molecule has 136 valence electrons. The van der Waals surface area contributed by atoms with Gasteiger partial charge in [0.25, 0.3) is 0 Å². The van der Waals surface area contributed by atoms with Crippen molar-refractivity contribution in [3.63, 3.8) is 0 Å². The van der Waals surface area contributed by atoms with E-state index in [1.165, 1.54) is 0 Å². The smallest absolute Gasteiger partial charge is 0.325 e. The molecular weight excluding hydrogens is 386 g/mol. The number of halogens is 1. The Bertz CT molecular complexity index is 691. The number of ether oxygens (including phenoxy) is 2. The van der Waals surface area contributed by atoms with Crippen molar-refractivity contribution in [3.8, 4) is 11.5 Å². The third-order valence-corrected chi connectivity index (χ3v) is 5.75. The lowest BCUT2D eigenvalue weighted by molar-refractivity contribution is -0.161. The second-order valence-corrected chi connectivity index (χ2v) is 8.34. The van der Waals surface area contributed by atoms with Crippen LogP contribution in [0.3, 0.4) is 0 Å². The summed E-state index contributed by atoms with van der Waals surface area (Å²) in [7, 11) is 0.